The van der Waals surface area contributed by atoms with Gasteiger partial charge in [-0.05, 0) is 36.5 Å². The molecule has 1 fully saturated rings. The first-order valence-electron chi connectivity index (χ1n) is 10.1. The van der Waals surface area contributed by atoms with Crippen molar-refractivity contribution in [3.63, 3.8) is 0 Å². The molecule has 3 rings (SSSR count). The number of rotatable bonds is 6. The third kappa shape index (κ3) is 4.94. The van der Waals surface area contributed by atoms with Gasteiger partial charge in [0.2, 0.25) is 0 Å². The van der Waals surface area contributed by atoms with Crippen LogP contribution in [-0.4, -0.2) is 17.4 Å². The third-order valence-corrected chi connectivity index (χ3v) is 5.58. The fourth-order valence-electron chi connectivity index (χ4n) is 3.54. The topological polar surface area (TPSA) is 62.5 Å². The van der Waals surface area contributed by atoms with E-state index < -0.39 is 0 Å². The van der Waals surface area contributed by atoms with Crippen LogP contribution < -0.4 is 0 Å². The third-order valence-electron chi connectivity index (χ3n) is 5.58. The maximum absolute atomic E-state index is 12.2. The van der Waals surface area contributed by atoms with Crippen LogP contribution in [-0.2, 0) is 9.63 Å². The van der Waals surface area contributed by atoms with E-state index in [-0.39, 0.29) is 17.8 Å². The van der Waals surface area contributed by atoms with Crippen LogP contribution in [0.25, 0.3) is 11.1 Å². The molecule has 146 valence electrons. The monoisotopic (exact) mass is 376 g/mol. The lowest BCUT2D eigenvalue weighted by atomic mass is 9.89. The summed E-state index contributed by atoms with van der Waals surface area (Å²) in [5.74, 6) is -0.475. The van der Waals surface area contributed by atoms with Crippen LogP contribution in [0.5, 0.6) is 0 Å². The highest BCUT2D eigenvalue weighted by atomic mass is 16.7. The van der Waals surface area contributed by atoms with E-state index in [9.17, 15) is 4.79 Å². The predicted octanol–water partition coefficient (Wildman–Crippen LogP) is 5.86. The Morgan fingerprint density at radius 3 is 2.25 bits per heavy atom. The molecule has 0 spiro atoms. The van der Waals surface area contributed by atoms with E-state index >= 15 is 0 Å². The summed E-state index contributed by atoms with van der Waals surface area (Å²) >= 11 is 0. The second-order valence-corrected chi connectivity index (χ2v) is 7.56. The highest BCUT2D eigenvalue weighted by Gasteiger charge is 2.23. The van der Waals surface area contributed by atoms with Gasteiger partial charge in [0.25, 0.3) is 0 Å². The lowest BCUT2D eigenvalue weighted by molar-refractivity contribution is -0.149. The van der Waals surface area contributed by atoms with Crippen molar-refractivity contribution in [1.29, 1.82) is 5.41 Å². The Morgan fingerprint density at radius 2 is 1.61 bits per heavy atom. The van der Waals surface area contributed by atoms with Crippen molar-refractivity contribution in [2.45, 2.75) is 46.0 Å². The molecular weight excluding hydrogens is 348 g/mol. The van der Waals surface area contributed by atoms with Crippen molar-refractivity contribution in [1.82, 2.24) is 0 Å². The fourth-order valence-corrected chi connectivity index (χ4v) is 3.54. The molecule has 1 N–H and O–H groups in total. The molecule has 28 heavy (non-hydrogen) atoms. The van der Waals surface area contributed by atoms with Gasteiger partial charge in [-0.2, -0.15) is 0 Å². The normalized spacial score (nSPS) is 16.4. The molecule has 4 heteroatoms. The van der Waals surface area contributed by atoms with E-state index in [1.54, 1.807) is 0 Å². The molecule has 0 aliphatic heterocycles. The van der Waals surface area contributed by atoms with E-state index in [0.29, 0.717) is 11.4 Å². The molecule has 2 aromatic carbocycles. The standard InChI is InChI=1S/C24H28N2O2/c1-17(18(2)26-28-24(27)22-11-7-4-8-12-22)23(25)21-15-13-20(14-16-21)19-9-5-3-6-10-19/h3,5-6,9-10,13-17,22,25H,4,7-8,11-12H2,1-2H3/b25-23?,26-18+. The van der Waals surface area contributed by atoms with Gasteiger partial charge >= 0.3 is 5.97 Å². The number of nitrogens with one attached hydrogen (secondary N) is 1. The molecule has 0 saturated heterocycles. The summed E-state index contributed by atoms with van der Waals surface area (Å²) in [6.45, 7) is 3.73. The lowest BCUT2D eigenvalue weighted by Crippen LogP contribution is -2.22. The van der Waals surface area contributed by atoms with Crippen LogP contribution in [0.4, 0.5) is 0 Å². The summed E-state index contributed by atoms with van der Waals surface area (Å²) in [4.78, 5) is 17.3. The van der Waals surface area contributed by atoms with Crippen molar-refractivity contribution in [3.8, 4) is 11.1 Å². The molecule has 1 aliphatic carbocycles. The zero-order valence-electron chi connectivity index (χ0n) is 16.7. The number of hydrogen-bond acceptors (Lipinski definition) is 4. The smallest absolute Gasteiger partial charge is 0.318 e. The molecule has 2 aromatic rings. The Kier molecular flexibility index (Phi) is 6.75. The quantitative estimate of drug-likeness (QED) is 0.390. The minimum atomic E-state index is -0.231. The molecule has 0 bridgehead atoms. The Labute approximate surface area is 167 Å². The van der Waals surface area contributed by atoms with Gasteiger partial charge in [0, 0.05) is 11.6 Å². The second kappa shape index (κ2) is 9.45. The van der Waals surface area contributed by atoms with Gasteiger partial charge in [0.15, 0.2) is 0 Å². The summed E-state index contributed by atoms with van der Waals surface area (Å²) < 4.78 is 0. The minimum absolute atomic E-state index is 0.0226. The highest BCUT2D eigenvalue weighted by molar-refractivity contribution is 6.12. The van der Waals surface area contributed by atoms with Crippen LogP contribution in [0.3, 0.4) is 0 Å². The van der Waals surface area contributed by atoms with Gasteiger partial charge in [-0.3, -0.25) is 0 Å². The maximum atomic E-state index is 12.2. The van der Waals surface area contributed by atoms with Gasteiger partial charge < -0.3 is 10.2 Å². The second-order valence-electron chi connectivity index (χ2n) is 7.56. The largest absolute Gasteiger partial charge is 0.338 e. The summed E-state index contributed by atoms with van der Waals surface area (Å²) in [6, 6.07) is 18.1. The summed E-state index contributed by atoms with van der Waals surface area (Å²) in [6.07, 6.45) is 5.16. The number of carbonyl (C=O) groups excluding carboxylic acids is 1. The molecular formula is C24H28N2O2. The average Bonchev–Trinajstić information content (AvgIpc) is 2.77. The highest BCUT2D eigenvalue weighted by Crippen LogP contribution is 2.25. The summed E-state index contributed by atoms with van der Waals surface area (Å²) in [7, 11) is 0. The van der Waals surface area contributed by atoms with Gasteiger partial charge in [-0.15, -0.1) is 0 Å². The van der Waals surface area contributed by atoms with Crippen LogP contribution in [0.2, 0.25) is 0 Å². The molecule has 1 saturated carbocycles. The van der Waals surface area contributed by atoms with Crippen LogP contribution in [0, 0.1) is 17.2 Å². The first-order valence-corrected chi connectivity index (χ1v) is 10.1. The Morgan fingerprint density at radius 1 is 1.00 bits per heavy atom. The number of nitrogens with zero attached hydrogens (tertiary/aromatic N) is 1. The van der Waals surface area contributed by atoms with Crippen LogP contribution in [0.1, 0.15) is 51.5 Å². The van der Waals surface area contributed by atoms with Crippen LogP contribution in [0.15, 0.2) is 59.8 Å². The SMILES string of the molecule is C/C(=N\OC(=O)C1CCCCC1)C(C)C(=N)c1ccc(-c2ccccc2)cc1. The van der Waals surface area contributed by atoms with Gasteiger partial charge in [-0.1, -0.05) is 85.9 Å². The minimum Gasteiger partial charge on any atom is -0.318 e. The van der Waals surface area contributed by atoms with Crippen molar-refractivity contribution in [3.05, 3.63) is 60.2 Å². The first-order chi connectivity index (χ1) is 13.6. The first kappa shape index (κ1) is 20.0. The Hall–Kier alpha value is -2.75. The van der Waals surface area contributed by atoms with E-state index in [2.05, 4.69) is 17.3 Å². The molecule has 1 unspecified atom stereocenters. The molecule has 0 amide bonds. The molecule has 0 radical (unpaired) electrons. The van der Waals surface area contributed by atoms with Crippen molar-refractivity contribution in [2.24, 2.45) is 17.0 Å². The van der Waals surface area contributed by atoms with E-state index in [1.165, 1.54) is 6.42 Å². The lowest BCUT2D eigenvalue weighted by Gasteiger charge is -2.18. The Bertz CT molecular complexity index is 835. The molecule has 1 aliphatic rings. The zero-order chi connectivity index (χ0) is 19.9. The van der Waals surface area contributed by atoms with Crippen LogP contribution >= 0.6 is 0 Å². The zero-order valence-corrected chi connectivity index (χ0v) is 16.7. The molecule has 0 aromatic heterocycles. The number of oxime groups is 1. The van der Waals surface area contributed by atoms with Crippen molar-refractivity contribution < 1.29 is 9.63 Å². The van der Waals surface area contributed by atoms with Gasteiger partial charge in [-0.25, -0.2) is 4.79 Å². The molecule has 1 atom stereocenters. The van der Waals surface area contributed by atoms with Gasteiger partial charge in [0.05, 0.1) is 11.6 Å². The Balaban J connectivity index is 1.62. The van der Waals surface area contributed by atoms with Gasteiger partial charge in [0.1, 0.15) is 0 Å². The van der Waals surface area contributed by atoms with E-state index in [1.807, 2.05) is 56.3 Å². The van der Waals surface area contributed by atoms with Crippen molar-refractivity contribution in [2.75, 3.05) is 0 Å². The number of carbonyl (C=O) groups is 1. The maximum Gasteiger partial charge on any atom is 0.338 e. The van der Waals surface area contributed by atoms with E-state index in [0.717, 1.165) is 42.4 Å². The fraction of sp³-hybridized carbons (Fsp3) is 0.375. The molecule has 4 nitrogen and oxygen atoms in total. The molecule has 0 heterocycles. The van der Waals surface area contributed by atoms with E-state index in [4.69, 9.17) is 10.2 Å². The van der Waals surface area contributed by atoms with Crippen molar-refractivity contribution >= 4 is 17.4 Å². The number of benzene rings is 2. The average molecular weight is 377 g/mol. The summed E-state index contributed by atoms with van der Waals surface area (Å²) in [5.41, 5.74) is 4.23. The number of hydrogen-bond donors (Lipinski definition) is 1. The predicted molar refractivity (Wildman–Crippen MR) is 114 cm³/mol. The summed E-state index contributed by atoms with van der Waals surface area (Å²) in [5, 5.41) is 12.5.